The van der Waals surface area contributed by atoms with Gasteiger partial charge in [0.1, 0.15) is 11.4 Å². The Morgan fingerprint density at radius 2 is 1.15 bits per heavy atom. The maximum absolute atomic E-state index is 13.9. The van der Waals surface area contributed by atoms with Gasteiger partial charge in [-0.15, -0.1) is 23.2 Å². The summed E-state index contributed by atoms with van der Waals surface area (Å²) in [7, 11) is 4.69. The van der Waals surface area contributed by atoms with Crippen molar-refractivity contribution in [3.8, 4) is 17.2 Å². The molecule has 8 aromatic rings. The Morgan fingerprint density at radius 1 is 0.630 bits per heavy atom. The van der Waals surface area contributed by atoms with Crippen molar-refractivity contribution in [2.24, 2.45) is 0 Å². The number of H-pyrrole nitrogens is 2. The predicted molar refractivity (Wildman–Crippen MR) is 300 cm³/mol. The molecule has 3 aliphatic rings. The normalized spacial score (nSPS) is 15.6. The van der Waals surface area contributed by atoms with Gasteiger partial charge in [-0.2, -0.15) is 0 Å². The maximum Gasteiger partial charge on any atom is 0.274 e. The van der Waals surface area contributed by atoms with Gasteiger partial charge in [0, 0.05) is 106 Å². The molecule has 13 nitrogen and oxygen atoms in total. The number of halogens is 2. The van der Waals surface area contributed by atoms with Crippen LogP contribution in [0.1, 0.15) is 91.5 Å². The summed E-state index contributed by atoms with van der Waals surface area (Å²) in [5.41, 5.74) is 10.7. The number of anilines is 5. The number of alkyl halides is 2. The number of aromatic nitrogens is 2. The van der Waals surface area contributed by atoms with Crippen molar-refractivity contribution in [2.45, 2.75) is 72.4 Å². The van der Waals surface area contributed by atoms with Gasteiger partial charge < -0.3 is 49.5 Å². The highest BCUT2D eigenvalue weighted by Crippen LogP contribution is 2.48. The first-order chi connectivity index (χ1) is 34.8. The molecule has 11 rings (SSSR count). The minimum Gasteiger partial charge on any atom is -0.493 e. The standard InChI is InChI=1S/C29H29ClN4O2.C28H30ClN3O4.CH4/c1-16(2)31-24-13-27-28(21-7-5-4-6-19(21)24)18(14-30)15-34(27)29(36)25-12-22-20-10-11-33(17(3)35)26(20)9-8-23(22)32-25;1-15(2)30-20-12-22-24(19-9-7-6-8-18(19)20)17(13-29)14-32(22)28(33)21-10-16-11-23(34-3)26(35-4)27(36-5)25(16)31-21;/h4-9,12-13,16,18,31-32H,10-11,14-15H2,1-3H3;6-12,15,17,30-31H,13-14H2,1-5H3;1H4/t18-;17-;/m11./s1. The van der Waals surface area contributed by atoms with Gasteiger partial charge in [0.15, 0.2) is 11.5 Å². The summed E-state index contributed by atoms with van der Waals surface area (Å²) in [5.74, 6) is 2.28. The van der Waals surface area contributed by atoms with Crippen LogP contribution in [0.2, 0.25) is 0 Å². The van der Waals surface area contributed by atoms with E-state index in [4.69, 9.17) is 37.4 Å². The van der Waals surface area contributed by atoms with Crippen LogP contribution >= 0.6 is 23.2 Å². The molecule has 0 saturated carbocycles. The summed E-state index contributed by atoms with van der Waals surface area (Å²) >= 11 is 12.9. The molecule has 2 atom stereocenters. The number of fused-ring (bicyclic) bond motifs is 10. The summed E-state index contributed by atoms with van der Waals surface area (Å²) in [6.45, 7) is 11.7. The van der Waals surface area contributed by atoms with Gasteiger partial charge in [-0.25, -0.2) is 0 Å². The Hall–Kier alpha value is -7.09. The summed E-state index contributed by atoms with van der Waals surface area (Å²) in [5, 5.41) is 13.4. The van der Waals surface area contributed by atoms with E-state index >= 15 is 0 Å². The fraction of sp³-hybridized carbons (Fsp3) is 0.328. The first-order valence-corrected chi connectivity index (χ1v) is 25.5. The number of nitrogens with zero attached hydrogens (tertiary/aromatic N) is 3. The van der Waals surface area contributed by atoms with Gasteiger partial charge in [0.05, 0.1) is 38.2 Å². The van der Waals surface area contributed by atoms with Gasteiger partial charge in [-0.1, -0.05) is 56.0 Å². The molecular formula is C58H63Cl2N7O6. The largest absolute Gasteiger partial charge is 0.493 e. The number of carbonyl (C=O) groups is 3. The second-order valence-electron chi connectivity index (χ2n) is 19.4. The number of amides is 3. The third-order valence-electron chi connectivity index (χ3n) is 14.1. The average Bonchev–Trinajstić information content (AvgIpc) is 4.23. The molecule has 0 bridgehead atoms. The zero-order valence-corrected chi connectivity index (χ0v) is 43.3. The molecule has 4 N–H and O–H groups in total. The Bertz CT molecular complexity index is 3460. The van der Waals surface area contributed by atoms with Crippen molar-refractivity contribution in [2.75, 3.05) is 78.1 Å². The van der Waals surface area contributed by atoms with Crippen LogP contribution in [0.4, 0.5) is 28.4 Å². The molecule has 0 fully saturated rings. The topological polar surface area (TPSA) is 144 Å². The highest BCUT2D eigenvalue weighted by atomic mass is 35.5. The molecule has 0 unspecified atom stereocenters. The lowest BCUT2D eigenvalue weighted by Crippen LogP contribution is -2.30. The first-order valence-electron chi connectivity index (χ1n) is 24.4. The third-order valence-corrected chi connectivity index (χ3v) is 14.9. The van der Waals surface area contributed by atoms with Gasteiger partial charge in [-0.05, 0) is 104 Å². The van der Waals surface area contributed by atoms with E-state index in [1.807, 2.05) is 64.4 Å². The number of benzene rings is 6. The lowest BCUT2D eigenvalue weighted by molar-refractivity contribution is -0.116. The fourth-order valence-corrected chi connectivity index (χ4v) is 11.6. The molecule has 5 heterocycles. The van der Waals surface area contributed by atoms with Crippen LogP contribution in [0.5, 0.6) is 17.2 Å². The maximum atomic E-state index is 13.9. The monoisotopic (exact) mass is 1020 g/mol. The van der Waals surface area contributed by atoms with Gasteiger partial charge >= 0.3 is 0 Å². The summed E-state index contributed by atoms with van der Waals surface area (Å²) in [6, 6.07) is 30.8. The van der Waals surface area contributed by atoms with Crippen molar-refractivity contribution in [1.29, 1.82) is 0 Å². The van der Waals surface area contributed by atoms with Crippen LogP contribution < -0.4 is 39.5 Å². The lowest BCUT2D eigenvalue weighted by Gasteiger charge is -2.20. The van der Waals surface area contributed by atoms with E-state index in [2.05, 4.69) is 84.7 Å². The zero-order valence-electron chi connectivity index (χ0n) is 41.8. The number of aromatic amines is 2. The molecule has 0 saturated heterocycles. The number of carbonyl (C=O) groups excluding carboxylic acids is 3. The van der Waals surface area contributed by atoms with Crippen molar-refractivity contribution in [3.05, 3.63) is 119 Å². The van der Waals surface area contributed by atoms with E-state index in [9.17, 15) is 14.4 Å². The Labute approximate surface area is 436 Å². The zero-order chi connectivity index (χ0) is 50.7. The lowest BCUT2D eigenvalue weighted by atomic mass is 9.95. The molecular weight excluding hydrogens is 962 g/mol. The van der Waals surface area contributed by atoms with Crippen LogP contribution in [0, 0.1) is 0 Å². The van der Waals surface area contributed by atoms with Gasteiger partial charge in [0.2, 0.25) is 11.7 Å². The van der Waals surface area contributed by atoms with E-state index in [0.717, 1.165) is 89.4 Å². The van der Waals surface area contributed by atoms with Gasteiger partial charge in [-0.3, -0.25) is 14.4 Å². The van der Waals surface area contributed by atoms with Crippen LogP contribution in [0.3, 0.4) is 0 Å². The molecule has 0 radical (unpaired) electrons. The molecule has 0 spiro atoms. The number of hydrogen-bond acceptors (Lipinski definition) is 8. The fourth-order valence-electron chi connectivity index (χ4n) is 11.1. The van der Waals surface area contributed by atoms with Crippen molar-refractivity contribution >= 4 is 113 Å². The van der Waals surface area contributed by atoms with E-state index in [1.165, 1.54) is 0 Å². The summed E-state index contributed by atoms with van der Waals surface area (Å²) in [4.78, 5) is 52.0. The van der Waals surface area contributed by atoms with Crippen molar-refractivity contribution in [3.63, 3.8) is 0 Å². The highest BCUT2D eigenvalue weighted by Gasteiger charge is 2.38. The van der Waals surface area contributed by atoms with E-state index in [0.29, 0.717) is 65.5 Å². The van der Waals surface area contributed by atoms with Crippen LogP contribution in [-0.2, 0) is 11.2 Å². The number of nitrogens with one attached hydrogen (secondary N) is 4. The van der Waals surface area contributed by atoms with Crippen LogP contribution in [0.15, 0.2) is 91.0 Å². The number of ether oxygens (including phenoxy) is 3. The highest BCUT2D eigenvalue weighted by molar-refractivity contribution is 6.20. The molecule has 2 aromatic heterocycles. The minimum atomic E-state index is -0.133. The number of rotatable bonds is 11. The number of hydrogen-bond donors (Lipinski definition) is 4. The smallest absolute Gasteiger partial charge is 0.274 e. The van der Waals surface area contributed by atoms with Gasteiger partial charge in [0.25, 0.3) is 11.8 Å². The Morgan fingerprint density at radius 3 is 1.63 bits per heavy atom. The Balaban J connectivity index is 0.000000177. The number of methoxy groups -OCH3 is 3. The Kier molecular flexibility index (Phi) is 14.2. The van der Waals surface area contributed by atoms with Crippen molar-refractivity contribution in [1.82, 2.24) is 9.97 Å². The van der Waals surface area contributed by atoms with E-state index in [1.54, 1.807) is 33.2 Å². The average molecular weight is 1030 g/mol. The second-order valence-corrected chi connectivity index (χ2v) is 20.0. The molecule has 6 aromatic carbocycles. The predicted octanol–water partition coefficient (Wildman–Crippen LogP) is 12.8. The van der Waals surface area contributed by atoms with Crippen LogP contribution in [0.25, 0.3) is 43.4 Å². The second kappa shape index (κ2) is 20.4. The van der Waals surface area contributed by atoms with Crippen molar-refractivity contribution < 1.29 is 28.6 Å². The quantitative estimate of drug-likeness (QED) is 0.0938. The molecule has 0 aliphatic carbocycles. The van der Waals surface area contributed by atoms with E-state index in [-0.39, 0.29) is 49.1 Å². The molecule has 380 valence electrons. The minimum absolute atomic E-state index is 0. The molecule has 15 heteroatoms. The van der Waals surface area contributed by atoms with E-state index < -0.39 is 0 Å². The summed E-state index contributed by atoms with van der Waals surface area (Å²) in [6.07, 6.45) is 0.787. The van der Waals surface area contributed by atoms with Crippen LogP contribution in [-0.4, -0.2) is 92.5 Å². The first kappa shape index (κ1) is 50.8. The third kappa shape index (κ3) is 8.79. The SMILES string of the molecule is C.CC(=O)N1CCc2c1ccc1[nH]c(C(=O)N3C[C@@H](CCl)c4c3cc(NC(C)C)c3ccccc43)cc21.COc1cc2cc(C(=O)N3C[C@@H](CCl)c4c3cc(NC(C)C)c3ccccc43)[nH]c2c(OC)c1OC. The molecule has 73 heavy (non-hydrogen) atoms. The summed E-state index contributed by atoms with van der Waals surface area (Å²) < 4.78 is 16.6. The molecule has 3 amide bonds. The molecule has 3 aliphatic heterocycles.